The van der Waals surface area contributed by atoms with Crippen LogP contribution in [0.1, 0.15) is 5.82 Å². The van der Waals surface area contributed by atoms with Gasteiger partial charge in [-0.3, -0.25) is 0 Å². The number of hydrogen-bond donors (Lipinski definition) is 0. The summed E-state index contributed by atoms with van der Waals surface area (Å²) < 4.78 is 40.3. The van der Waals surface area contributed by atoms with Crippen molar-refractivity contribution in [1.29, 1.82) is 0 Å². The molecule has 0 aliphatic carbocycles. The van der Waals surface area contributed by atoms with Crippen molar-refractivity contribution < 1.29 is 17.9 Å². The predicted octanol–water partition coefficient (Wildman–Crippen LogP) is 2.90. The van der Waals surface area contributed by atoms with E-state index in [1.54, 1.807) is 6.92 Å². The maximum atomic E-state index is 12.1. The molecule has 0 bridgehead atoms. The molecule has 0 aliphatic rings. The van der Waals surface area contributed by atoms with Crippen LogP contribution < -0.4 is 4.74 Å². The zero-order valence-corrected chi connectivity index (χ0v) is 11.0. The molecule has 0 spiro atoms. The minimum absolute atomic E-state index is 0.205. The van der Waals surface area contributed by atoms with Gasteiger partial charge >= 0.3 is 6.36 Å². The summed E-state index contributed by atoms with van der Waals surface area (Å²) in [7, 11) is 0. The Morgan fingerprint density at radius 1 is 1.11 bits per heavy atom. The second-order valence-electron chi connectivity index (χ2n) is 3.46. The Balaban J connectivity index is 2.31. The third-order valence-corrected chi connectivity index (χ3v) is 2.65. The Morgan fingerprint density at radius 2 is 1.74 bits per heavy atom. The van der Waals surface area contributed by atoms with Crippen molar-refractivity contribution in [2.75, 3.05) is 0 Å². The normalized spacial score (nSPS) is 11.4. The van der Waals surface area contributed by atoms with E-state index >= 15 is 0 Å². The molecule has 19 heavy (non-hydrogen) atoms. The average molecular weight is 335 g/mol. The number of rotatable bonds is 2. The third kappa shape index (κ3) is 3.60. The quantitative estimate of drug-likeness (QED) is 0.845. The van der Waals surface area contributed by atoms with Gasteiger partial charge in [-0.25, -0.2) is 0 Å². The first-order valence-electron chi connectivity index (χ1n) is 4.95. The molecule has 0 amide bonds. The SMILES string of the molecule is Cc1nnc(-c2ccc(OC(F)(F)F)cc2Br)nn1. The van der Waals surface area contributed by atoms with Gasteiger partial charge in [0.2, 0.25) is 5.82 Å². The molecule has 2 aromatic rings. The monoisotopic (exact) mass is 334 g/mol. The largest absolute Gasteiger partial charge is 0.573 e. The lowest BCUT2D eigenvalue weighted by molar-refractivity contribution is -0.274. The highest BCUT2D eigenvalue weighted by atomic mass is 79.9. The molecule has 0 aliphatic heterocycles. The van der Waals surface area contributed by atoms with Gasteiger partial charge in [0.25, 0.3) is 0 Å². The second-order valence-corrected chi connectivity index (χ2v) is 4.31. The minimum atomic E-state index is -4.73. The van der Waals surface area contributed by atoms with Crippen molar-refractivity contribution in [1.82, 2.24) is 20.4 Å². The van der Waals surface area contributed by atoms with Gasteiger partial charge in [0, 0.05) is 10.0 Å². The van der Waals surface area contributed by atoms with Gasteiger partial charge in [0.15, 0.2) is 5.82 Å². The van der Waals surface area contributed by atoms with E-state index in [1.807, 2.05) is 0 Å². The minimum Gasteiger partial charge on any atom is -0.406 e. The lowest BCUT2D eigenvalue weighted by Gasteiger charge is -2.10. The third-order valence-electron chi connectivity index (χ3n) is 1.99. The van der Waals surface area contributed by atoms with E-state index in [1.165, 1.54) is 12.1 Å². The lowest BCUT2D eigenvalue weighted by Crippen LogP contribution is -2.17. The number of aromatic nitrogens is 4. The maximum Gasteiger partial charge on any atom is 0.573 e. The molecule has 9 heteroatoms. The number of halogens is 4. The van der Waals surface area contributed by atoms with Gasteiger partial charge in [-0.2, -0.15) is 0 Å². The van der Waals surface area contributed by atoms with E-state index in [2.05, 4.69) is 41.1 Å². The molecule has 1 aromatic carbocycles. The molecule has 0 saturated carbocycles. The molecule has 100 valence electrons. The van der Waals surface area contributed by atoms with E-state index in [0.717, 1.165) is 6.07 Å². The molecule has 0 saturated heterocycles. The standard InChI is InChI=1S/C10H6BrF3N4O/c1-5-15-17-9(18-16-5)7-3-2-6(4-8(7)11)19-10(12,13)14/h2-4H,1H3. The van der Waals surface area contributed by atoms with Crippen LogP contribution in [-0.4, -0.2) is 26.8 Å². The van der Waals surface area contributed by atoms with Crippen LogP contribution in [0.5, 0.6) is 5.75 Å². The summed E-state index contributed by atoms with van der Waals surface area (Å²) in [6.07, 6.45) is -4.73. The van der Waals surface area contributed by atoms with Gasteiger partial charge in [-0.1, -0.05) is 0 Å². The van der Waals surface area contributed by atoms with Crippen LogP contribution in [0.2, 0.25) is 0 Å². The molecular weight excluding hydrogens is 329 g/mol. The topological polar surface area (TPSA) is 60.8 Å². The Bertz CT molecular complexity index is 588. The number of hydrogen-bond acceptors (Lipinski definition) is 5. The van der Waals surface area contributed by atoms with Crippen LogP contribution >= 0.6 is 15.9 Å². The fraction of sp³-hybridized carbons (Fsp3) is 0.200. The van der Waals surface area contributed by atoms with Gasteiger partial charge in [-0.15, -0.1) is 33.6 Å². The van der Waals surface area contributed by atoms with E-state index in [0.29, 0.717) is 15.9 Å². The van der Waals surface area contributed by atoms with Gasteiger partial charge < -0.3 is 4.74 Å². The first-order valence-corrected chi connectivity index (χ1v) is 5.74. The van der Waals surface area contributed by atoms with Crippen molar-refractivity contribution in [3.63, 3.8) is 0 Å². The van der Waals surface area contributed by atoms with Gasteiger partial charge in [0.1, 0.15) is 5.75 Å². The first kappa shape index (κ1) is 13.7. The predicted molar refractivity (Wildman–Crippen MR) is 62.2 cm³/mol. The van der Waals surface area contributed by atoms with E-state index in [9.17, 15) is 13.2 Å². The average Bonchev–Trinajstić information content (AvgIpc) is 2.29. The molecule has 2 rings (SSSR count). The molecule has 0 unspecified atom stereocenters. The van der Waals surface area contributed by atoms with E-state index in [4.69, 9.17) is 0 Å². The lowest BCUT2D eigenvalue weighted by atomic mass is 10.2. The molecule has 0 fully saturated rings. The van der Waals surface area contributed by atoms with Crippen LogP contribution in [0, 0.1) is 6.92 Å². The highest BCUT2D eigenvalue weighted by Gasteiger charge is 2.31. The molecule has 0 atom stereocenters. The zero-order chi connectivity index (χ0) is 14.0. The summed E-state index contributed by atoms with van der Waals surface area (Å²) in [4.78, 5) is 0. The van der Waals surface area contributed by atoms with Crippen LogP contribution in [0.15, 0.2) is 22.7 Å². The number of alkyl halides is 3. The molecule has 0 N–H and O–H groups in total. The Morgan fingerprint density at radius 3 is 2.26 bits per heavy atom. The van der Waals surface area contributed by atoms with Crippen molar-refractivity contribution in [2.45, 2.75) is 13.3 Å². The summed E-state index contributed by atoms with van der Waals surface area (Å²) in [5, 5.41) is 15.0. The fourth-order valence-corrected chi connectivity index (χ4v) is 1.80. The van der Waals surface area contributed by atoms with Gasteiger partial charge in [-0.05, 0) is 41.1 Å². The zero-order valence-electron chi connectivity index (χ0n) is 9.44. The Kier molecular flexibility index (Phi) is 3.65. The van der Waals surface area contributed by atoms with Crippen LogP contribution in [-0.2, 0) is 0 Å². The van der Waals surface area contributed by atoms with Crippen molar-refractivity contribution >= 4 is 15.9 Å². The molecule has 1 aromatic heterocycles. The number of ether oxygens (including phenoxy) is 1. The smallest absolute Gasteiger partial charge is 0.406 e. The first-order chi connectivity index (χ1) is 8.85. The van der Waals surface area contributed by atoms with Crippen LogP contribution in [0.4, 0.5) is 13.2 Å². The van der Waals surface area contributed by atoms with Crippen molar-refractivity contribution in [3.05, 3.63) is 28.5 Å². The summed E-state index contributed by atoms with van der Waals surface area (Å²) in [5.74, 6) is 0.268. The summed E-state index contributed by atoms with van der Waals surface area (Å²) in [6, 6.07) is 3.72. The molecule has 1 heterocycles. The molecule has 5 nitrogen and oxygen atoms in total. The number of benzene rings is 1. The van der Waals surface area contributed by atoms with Crippen molar-refractivity contribution in [3.8, 4) is 17.1 Å². The number of aryl methyl sites for hydroxylation is 1. The van der Waals surface area contributed by atoms with Crippen molar-refractivity contribution in [2.24, 2.45) is 0 Å². The van der Waals surface area contributed by atoms with Gasteiger partial charge in [0.05, 0.1) is 0 Å². The molecule has 0 radical (unpaired) electrons. The Labute approximate surface area is 114 Å². The summed E-state index contributed by atoms with van der Waals surface area (Å²) in [5.41, 5.74) is 0.467. The number of nitrogens with zero attached hydrogens (tertiary/aromatic N) is 4. The second kappa shape index (κ2) is 5.08. The van der Waals surface area contributed by atoms with E-state index < -0.39 is 6.36 Å². The molecular formula is C10H6BrF3N4O. The van der Waals surface area contributed by atoms with E-state index in [-0.39, 0.29) is 11.6 Å². The summed E-state index contributed by atoms with van der Waals surface area (Å²) >= 11 is 3.13. The Hall–Kier alpha value is -1.77. The fourth-order valence-electron chi connectivity index (χ4n) is 1.26. The highest BCUT2D eigenvalue weighted by molar-refractivity contribution is 9.10. The van der Waals surface area contributed by atoms with Crippen LogP contribution in [0.3, 0.4) is 0 Å². The van der Waals surface area contributed by atoms with Crippen LogP contribution in [0.25, 0.3) is 11.4 Å². The summed E-state index contributed by atoms with van der Waals surface area (Å²) in [6.45, 7) is 1.62. The highest BCUT2D eigenvalue weighted by Crippen LogP contribution is 2.31. The maximum absolute atomic E-state index is 12.1.